The van der Waals surface area contributed by atoms with E-state index in [1.807, 2.05) is 41.3 Å². The van der Waals surface area contributed by atoms with E-state index in [0.717, 1.165) is 24.0 Å². The predicted molar refractivity (Wildman–Crippen MR) is 133 cm³/mol. The molecule has 4 aromatic rings. The molecule has 0 spiro atoms. The van der Waals surface area contributed by atoms with E-state index in [1.165, 1.54) is 34.8 Å². The van der Waals surface area contributed by atoms with Gasteiger partial charge in [-0.2, -0.15) is 0 Å². The highest BCUT2D eigenvalue weighted by molar-refractivity contribution is 5.95. The standard InChI is InChI=1S/C29H28N2O3/c1-3-20-8-12-22(13-9-20)28(32)30-17-16-25-24-6-4-5-7-26(24)31(27(25)19-30)18-21-10-14-23(15-11-21)29(33)34-2/h4-15H,3,16-19H2,1-2H3. The summed E-state index contributed by atoms with van der Waals surface area (Å²) >= 11 is 0. The van der Waals surface area contributed by atoms with Gasteiger partial charge in [0.15, 0.2) is 0 Å². The van der Waals surface area contributed by atoms with E-state index in [0.29, 0.717) is 25.2 Å². The number of nitrogens with zero attached hydrogens (tertiary/aromatic N) is 2. The molecule has 5 nitrogen and oxygen atoms in total. The summed E-state index contributed by atoms with van der Waals surface area (Å²) in [7, 11) is 1.39. The molecule has 0 fully saturated rings. The van der Waals surface area contributed by atoms with Gasteiger partial charge in [-0.05, 0) is 59.9 Å². The van der Waals surface area contributed by atoms with Crippen molar-refractivity contribution < 1.29 is 14.3 Å². The molecule has 0 N–H and O–H groups in total. The number of ether oxygens (including phenoxy) is 1. The van der Waals surface area contributed by atoms with Crippen molar-refractivity contribution in [3.63, 3.8) is 0 Å². The Kier molecular flexibility index (Phi) is 5.93. The number of rotatable bonds is 5. The lowest BCUT2D eigenvalue weighted by Gasteiger charge is -2.29. The SMILES string of the molecule is CCc1ccc(C(=O)N2CCc3c(n(Cc4ccc(C(=O)OC)cc4)c4ccccc34)C2)cc1. The van der Waals surface area contributed by atoms with Crippen LogP contribution in [0.2, 0.25) is 0 Å². The van der Waals surface area contributed by atoms with Crippen LogP contribution in [0, 0.1) is 0 Å². The van der Waals surface area contributed by atoms with E-state index >= 15 is 0 Å². The molecule has 34 heavy (non-hydrogen) atoms. The molecular formula is C29H28N2O3. The molecule has 3 aromatic carbocycles. The first-order valence-corrected chi connectivity index (χ1v) is 11.7. The first-order valence-electron chi connectivity index (χ1n) is 11.7. The molecule has 0 aliphatic carbocycles. The summed E-state index contributed by atoms with van der Waals surface area (Å²) in [6, 6.07) is 23.9. The summed E-state index contributed by atoms with van der Waals surface area (Å²) in [5.74, 6) is -0.260. The van der Waals surface area contributed by atoms with Crippen LogP contribution >= 0.6 is 0 Å². The average Bonchev–Trinajstić information content (AvgIpc) is 3.21. The average molecular weight is 453 g/mol. The van der Waals surface area contributed by atoms with Gasteiger partial charge in [-0.25, -0.2) is 4.79 Å². The van der Waals surface area contributed by atoms with E-state index < -0.39 is 0 Å². The molecule has 0 saturated carbocycles. The van der Waals surface area contributed by atoms with Crippen LogP contribution in [0.25, 0.3) is 10.9 Å². The summed E-state index contributed by atoms with van der Waals surface area (Å²) in [4.78, 5) is 27.0. The van der Waals surface area contributed by atoms with Crippen LogP contribution in [-0.4, -0.2) is 35.0 Å². The summed E-state index contributed by atoms with van der Waals surface area (Å²) in [5, 5.41) is 1.25. The fourth-order valence-corrected chi connectivity index (χ4v) is 4.86. The molecule has 0 saturated heterocycles. The molecular weight excluding hydrogens is 424 g/mol. The molecule has 1 aromatic heterocycles. The normalized spacial score (nSPS) is 13.1. The molecule has 1 aliphatic heterocycles. The molecule has 2 heterocycles. The second kappa shape index (κ2) is 9.18. The Morgan fingerprint density at radius 1 is 0.882 bits per heavy atom. The number of esters is 1. The quantitative estimate of drug-likeness (QED) is 0.389. The first kappa shape index (κ1) is 22.0. The number of aromatic nitrogens is 1. The smallest absolute Gasteiger partial charge is 0.337 e. The van der Waals surface area contributed by atoms with Gasteiger partial charge < -0.3 is 14.2 Å². The third-order valence-electron chi connectivity index (χ3n) is 6.78. The number of methoxy groups -OCH3 is 1. The molecule has 5 rings (SSSR count). The number of fused-ring (bicyclic) bond motifs is 3. The minimum absolute atomic E-state index is 0.0764. The Balaban J connectivity index is 1.47. The number of para-hydroxylation sites is 1. The largest absolute Gasteiger partial charge is 0.465 e. The lowest BCUT2D eigenvalue weighted by Crippen LogP contribution is -2.36. The molecule has 0 unspecified atom stereocenters. The number of amides is 1. The summed E-state index contributed by atoms with van der Waals surface area (Å²) in [6.45, 7) is 4.08. The van der Waals surface area contributed by atoms with Crippen LogP contribution in [0.5, 0.6) is 0 Å². The van der Waals surface area contributed by atoms with E-state index in [2.05, 4.69) is 35.8 Å². The number of carbonyl (C=O) groups is 2. The highest BCUT2D eigenvalue weighted by Crippen LogP contribution is 2.32. The zero-order chi connectivity index (χ0) is 23.7. The Morgan fingerprint density at radius 3 is 2.26 bits per heavy atom. The van der Waals surface area contributed by atoms with E-state index in [1.54, 1.807) is 12.1 Å². The Labute approximate surface area is 199 Å². The van der Waals surface area contributed by atoms with Crippen molar-refractivity contribution in [1.82, 2.24) is 9.47 Å². The molecule has 172 valence electrons. The molecule has 0 radical (unpaired) electrons. The minimum Gasteiger partial charge on any atom is -0.465 e. The topological polar surface area (TPSA) is 51.5 Å². The van der Waals surface area contributed by atoms with Crippen LogP contribution in [0.3, 0.4) is 0 Å². The highest BCUT2D eigenvalue weighted by atomic mass is 16.5. The second-order valence-electron chi connectivity index (χ2n) is 8.74. The van der Waals surface area contributed by atoms with E-state index in [-0.39, 0.29) is 11.9 Å². The van der Waals surface area contributed by atoms with Crippen LogP contribution in [0.4, 0.5) is 0 Å². The molecule has 1 amide bonds. The second-order valence-corrected chi connectivity index (χ2v) is 8.74. The number of aryl methyl sites for hydroxylation is 1. The van der Waals surface area contributed by atoms with Gasteiger partial charge in [0.1, 0.15) is 0 Å². The summed E-state index contributed by atoms with van der Waals surface area (Å²) in [5.41, 5.74) is 7.28. The van der Waals surface area contributed by atoms with Crippen molar-refractivity contribution in [1.29, 1.82) is 0 Å². The lowest BCUT2D eigenvalue weighted by atomic mass is 10.0. The van der Waals surface area contributed by atoms with Crippen molar-refractivity contribution in [2.45, 2.75) is 32.9 Å². The molecule has 0 atom stereocenters. The monoisotopic (exact) mass is 452 g/mol. The van der Waals surface area contributed by atoms with E-state index in [4.69, 9.17) is 4.74 Å². The predicted octanol–water partition coefficient (Wildman–Crippen LogP) is 5.24. The number of benzene rings is 3. The fourth-order valence-electron chi connectivity index (χ4n) is 4.86. The maximum atomic E-state index is 13.3. The Bertz CT molecular complexity index is 1350. The van der Waals surface area contributed by atoms with Crippen LogP contribution < -0.4 is 0 Å². The van der Waals surface area contributed by atoms with E-state index in [9.17, 15) is 9.59 Å². The summed E-state index contributed by atoms with van der Waals surface area (Å²) in [6.07, 6.45) is 1.80. The lowest BCUT2D eigenvalue weighted by molar-refractivity contribution is 0.0600. The Hall–Kier alpha value is -3.86. The molecule has 0 bridgehead atoms. The zero-order valence-electron chi connectivity index (χ0n) is 19.6. The van der Waals surface area contributed by atoms with Crippen LogP contribution in [-0.2, 0) is 30.7 Å². The van der Waals surface area contributed by atoms with Gasteiger partial charge in [0, 0.05) is 35.2 Å². The van der Waals surface area contributed by atoms with Gasteiger partial charge in [0.25, 0.3) is 5.91 Å². The number of carbonyl (C=O) groups excluding carboxylic acids is 2. The first-order chi connectivity index (χ1) is 16.6. The van der Waals surface area contributed by atoms with Gasteiger partial charge in [-0.3, -0.25) is 4.79 Å². The highest BCUT2D eigenvalue weighted by Gasteiger charge is 2.27. The van der Waals surface area contributed by atoms with Gasteiger partial charge in [-0.1, -0.05) is 49.4 Å². The third kappa shape index (κ3) is 3.98. The van der Waals surface area contributed by atoms with Crippen molar-refractivity contribution in [2.24, 2.45) is 0 Å². The van der Waals surface area contributed by atoms with Crippen molar-refractivity contribution in [2.75, 3.05) is 13.7 Å². The van der Waals surface area contributed by atoms with Gasteiger partial charge in [0.05, 0.1) is 19.2 Å². The maximum Gasteiger partial charge on any atom is 0.337 e. The van der Waals surface area contributed by atoms with Gasteiger partial charge in [0.2, 0.25) is 0 Å². The fraction of sp³-hybridized carbons (Fsp3) is 0.241. The Morgan fingerprint density at radius 2 is 1.56 bits per heavy atom. The van der Waals surface area contributed by atoms with Crippen molar-refractivity contribution in [3.8, 4) is 0 Å². The zero-order valence-corrected chi connectivity index (χ0v) is 19.6. The third-order valence-corrected chi connectivity index (χ3v) is 6.78. The van der Waals surface area contributed by atoms with Gasteiger partial charge >= 0.3 is 5.97 Å². The number of hydrogen-bond donors (Lipinski definition) is 0. The maximum absolute atomic E-state index is 13.3. The van der Waals surface area contributed by atoms with Crippen molar-refractivity contribution in [3.05, 3.63) is 106 Å². The van der Waals surface area contributed by atoms with Crippen molar-refractivity contribution >= 4 is 22.8 Å². The summed E-state index contributed by atoms with van der Waals surface area (Å²) < 4.78 is 7.13. The molecule has 5 heteroatoms. The molecule has 1 aliphatic rings. The van der Waals surface area contributed by atoms with Gasteiger partial charge in [-0.15, -0.1) is 0 Å². The van der Waals surface area contributed by atoms with Crippen LogP contribution in [0.15, 0.2) is 72.8 Å². The minimum atomic E-state index is -0.337. The van der Waals surface area contributed by atoms with Crippen LogP contribution in [0.1, 0.15) is 50.0 Å². The number of hydrogen-bond acceptors (Lipinski definition) is 3.